The molecular weight excluding hydrogens is 447 g/mol. The zero-order valence-corrected chi connectivity index (χ0v) is 19.5. The van der Waals surface area contributed by atoms with Crippen LogP contribution >= 0.6 is 0 Å². The Morgan fingerprint density at radius 1 is 0.914 bits per heavy atom. The average Bonchev–Trinajstić information content (AvgIpc) is 2.85. The maximum Gasteiger partial charge on any atom is 0.335 e. The van der Waals surface area contributed by atoms with Crippen LogP contribution in [-0.4, -0.2) is 24.5 Å². The van der Waals surface area contributed by atoms with Crippen LogP contribution in [0.3, 0.4) is 0 Å². The Morgan fingerprint density at radius 2 is 1.63 bits per heavy atom. The van der Waals surface area contributed by atoms with Gasteiger partial charge in [0.25, 0.3) is 11.8 Å². The number of carbonyl (C=O) groups excluding carboxylic acids is 3. The fraction of sp³-hybridized carbons (Fsp3) is 0.179. The molecule has 4 rings (SSSR count). The van der Waals surface area contributed by atoms with E-state index in [1.807, 2.05) is 26.0 Å². The second-order valence-corrected chi connectivity index (χ2v) is 8.01. The standard InChI is InChI=1S/C28H25FN2O4/c1-3-19-9-6-8-12-24(19)31-27(33)22(26(32)30-28(31)34)15-18-13-14-21(25(16-18)35-4-2)17-20-10-5-7-11-23(20)29/h5-16H,3-4,17H2,1-2H3,(H,30,32,34)/b22-15-. The minimum absolute atomic E-state index is 0.167. The molecule has 7 heteroatoms. The SMILES string of the molecule is CCOc1cc(/C=C2/C(=O)NC(=O)N(c3ccccc3CC)C2=O)ccc1Cc1ccccc1F. The van der Waals surface area contributed by atoms with Gasteiger partial charge in [-0.25, -0.2) is 14.1 Å². The van der Waals surface area contributed by atoms with Crippen molar-refractivity contribution < 1.29 is 23.5 Å². The Morgan fingerprint density at radius 3 is 2.34 bits per heavy atom. The maximum absolute atomic E-state index is 14.2. The Kier molecular flexibility index (Phi) is 7.06. The molecule has 6 nitrogen and oxygen atoms in total. The summed E-state index contributed by atoms with van der Waals surface area (Å²) in [4.78, 5) is 39.4. The number of imide groups is 2. The van der Waals surface area contributed by atoms with Crippen molar-refractivity contribution in [2.75, 3.05) is 11.5 Å². The number of rotatable bonds is 7. The maximum atomic E-state index is 14.2. The van der Waals surface area contributed by atoms with Crippen LogP contribution in [0.2, 0.25) is 0 Å². The molecule has 0 bridgehead atoms. The molecule has 0 spiro atoms. The van der Waals surface area contributed by atoms with Gasteiger partial charge in [0.2, 0.25) is 0 Å². The number of carbonyl (C=O) groups is 3. The van der Waals surface area contributed by atoms with Crippen LogP contribution in [0.5, 0.6) is 5.75 Å². The summed E-state index contributed by atoms with van der Waals surface area (Å²) in [5.74, 6) is -1.24. The molecule has 1 fully saturated rings. The van der Waals surface area contributed by atoms with Crippen LogP contribution in [-0.2, 0) is 22.4 Å². The van der Waals surface area contributed by atoms with Gasteiger partial charge in [-0.15, -0.1) is 0 Å². The molecule has 0 aliphatic carbocycles. The first-order valence-corrected chi connectivity index (χ1v) is 11.4. The molecule has 1 aliphatic rings. The van der Waals surface area contributed by atoms with E-state index in [0.717, 1.165) is 16.0 Å². The highest BCUT2D eigenvalue weighted by Crippen LogP contribution is 2.28. The third-order valence-electron chi connectivity index (χ3n) is 5.76. The van der Waals surface area contributed by atoms with Crippen molar-refractivity contribution in [3.05, 3.63) is 100 Å². The third kappa shape index (κ3) is 4.99. The van der Waals surface area contributed by atoms with Gasteiger partial charge in [0.1, 0.15) is 17.1 Å². The summed E-state index contributed by atoms with van der Waals surface area (Å²) in [6.45, 7) is 4.15. The predicted molar refractivity (Wildman–Crippen MR) is 132 cm³/mol. The second kappa shape index (κ2) is 10.3. The number of nitrogens with one attached hydrogen (secondary N) is 1. The number of halogens is 1. The molecule has 178 valence electrons. The quantitative estimate of drug-likeness (QED) is 0.386. The van der Waals surface area contributed by atoms with Crippen molar-refractivity contribution in [1.29, 1.82) is 0 Å². The highest BCUT2D eigenvalue weighted by Gasteiger charge is 2.37. The first-order valence-electron chi connectivity index (χ1n) is 11.4. The van der Waals surface area contributed by atoms with Crippen LogP contribution in [0.4, 0.5) is 14.9 Å². The smallest absolute Gasteiger partial charge is 0.335 e. The fourth-order valence-corrected chi connectivity index (χ4v) is 4.01. The van der Waals surface area contributed by atoms with Crippen molar-refractivity contribution in [1.82, 2.24) is 5.32 Å². The van der Waals surface area contributed by atoms with E-state index < -0.39 is 17.8 Å². The molecule has 1 saturated heterocycles. The Hall–Kier alpha value is -4.26. The van der Waals surface area contributed by atoms with Gasteiger partial charge >= 0.3 is 6.03 Å². The summed E-state index contributed by atoms with van der Waals surface area (Å²) in [5, 5.41) is 2.26. The van der Waals surface area contributed by atoms with Gasteiger partial charge in [-0.05, 0) is 59.9 Å². The Labute approximate surface area is 203 Å². The lowest BCUT2D eigenvalue weighted by Crippen LogP contribution is -2.54. The summed E-state index contributed by atoms with van der Waals surface area (Å²) >= 11 is 0. The molecule has 0 radical (unpaired) electrons. The molecule has 0 aromatic heterocycles. The summed E-state index contributed by atoms with van der Waals surface area (Å²) in [6, 6.07) is 18.0. The predicted octanol–water partition coefficient (Wildman–Crippen LogP) is 5.04. The minimum atomic E-state index is -0.784. The van der Waals surface area contributed by atoms with E-state index in [1.165, 1.54) is 12.1 Å². The molecule has 3 aromatic carbocycles. The monoisotopic (exact) mass is 472 g/mol. The van der Waals surface area contributed by atoms with Gasteiger partial charge < -0.3 is 4.74 Å². The molecular formula is C28H25FN2O4. The Bertz CT molecular complexity index is 1330. The first-order chi connectivity index (χ1) is 16.9. The number of urea groups is 1. The number of hydrogen-bond donors (Lipinski definition) is 1. The average molecular weight is 473 g/mol. The van der Waals surface area contributed by atoms with Crippen molar-refractivity contribution in [2.24, 2.45) is 0 Å². The Balaban J connectivity index is 1.70. The molecule has 1 N–H and O–H groups in total. The van der Waals surface area contributed by atoms with Crippen LogP contribution < -0.4 is 15.0 Å². The van der Waals surface area contributed by atoms with Crippen LogP contribution in [0.1, 0.15) is 36.1 Å². The van der Waals surface area contributed by atoms with Crippen molar-refractivity contribution >= 4 is 29.6 Å². The molecule has 0 atom stereocenters. The summed E-state index contributed by atoms with van der Waals surface area (Å²) in [7, 11) is 0. The van der Waals surface area contributed by atoms with Gasteiger partial charge in [0.05, 0.1) is 12.3 Å². The molecule has 0 unspecified atom stereocenters. The number of barbiturate groups is 1. The lowest BCUT2D eigenvalue weighted by atomic mass is 10.00. The molecule has 3 aromatic rings. The molecule has 4 amide bonds. The minimum Gasteiger partial charge on any atom is -0.494 e. The van der Waals surface area contributed by atoms with E-state index in [0.29, 0.717) is 42.0 Å². The second-order valence-electron chi connectivity index (χ2n) is 8.01. The zero-order valence-electron chi connectivity index (χ0n) is 19.5. The van der Waals surface area contributed by atoms with Crippen molar-refractivity contribution in [3.63, 3.8) is 0 Å². The van der Waals surface area contributed by atoms with Gasteiger partial charge in [-0.3, -0.25) is 14.9 Å². The highest BCUT2D eigenvalue weighted by molar-refractivity contribution is 6.39. The van der Waals surface area contributed by atoms with Gasteiger partial charge in [0.15, 0.2) is 0 Å². The van der Waals surface area contributed by atoms with Crippen LogP contribution in [0, 0.1) is 5.82 Å². The number of amides is 4. The third-order valence-corrected chi connectivity index (χ3v) is 5.76. The molecule has 1 aliphatic heterocycles. The van der Waals surface area contributed by atoms with Crippen molar-refractivity contribution in [3.8, 4) is 5.75 Å². The summed E-state index contributed by atoms with van der Waals surface area (Å²) in [6.07, 6.45) is 2.37. The number of para-hydroxylation sites is 1. The number of hydrogen-bond acceptors (Lipinski definition) is 4. The summed E-state index contributed by atoms with van der Waals surface area (Å²) < 4.78 is 19.9. The molecule has 0 saturated carbocycles. The lowest BCUT2D eigenvalue weighted by Gasteiger charge is -2.28. The highest BCUT2D eigenvalue weighted by atomic mass is 19.1. The summed E-state index contributed by atoms with van der Waals surface area (Å²) in [5.41, 5.74) is 2.92. The van der Waals surface area contributed by atoms with E-state index in [-0.39, 0.29) is 11.4 Å². The normalized spacial score (nSPS) is 14.9. The van der Waals surface area contributed by atoms with E-state index in [4.69, 9.17) is 4.74 Å². The topological polar surface area (TPSA) is 75.7 Å². The van der Waals surface area contributed by atoms with E-state index in [9.17, 15) is 18.8 Å². The van der Waals surface area contributed by atoms with Crippen LogP contribution in [0.25, 0.3) is 6.08 Å². The van der Waals surface area contributed by atoms with Gasteiger partial charge in [-0.2, -0.15) is 0 Å². The largest absolute Gasteiger partial charge is 0.494 e. The first kappa shape index (κ1) is 23.9. The number of aryl methyl sites for hydroxylation is 1. The van der Waals surface area contributed by atoms with Crippen molar-refractivity contribution in [2.45, 2.75) is 26.7 Å². The number of nitrogens with zero attached hydrogens (tertiary/aromatic N) is 1. The van der Waals surface area contributed by atoms with E-state index in [1.54, 1.807) is 48.5 Å². The lowest BCUT2D eigenvalue weighted by molar-refractivity contribution is -0.122. The fourth-order valence-electron chi connectivity index (χ4n) is 4.01. The molecule has 1 heterocycles. The number of anilines is 1. The molecule has 35 heavy (non-hydrogen) atoms. The number of benzene rings is 3. The van der Waals surface area contributed by atoms with Gasteiger partial charge in [0, 0.05) is 6.42 Å². The van der Waals surface area contributed by atoms with E-state index in [2.05, 4.69) is 5.32 Å². The number of ether oxygens (including phenoxy) is 1. The van der Waals surface area contributed by atoms with E-state index >= 15 is 0 Å². The zero-order chi connectivity index (χ0) is 24.9. The van der Waals surface area contributed by atoms with Crippen LogP contribution in [0.15, 0.2) is 72.3 Å². The van der Waals surface area contributed by atoms with Gasteiger partial charge in [-0.1, -0.05) is 55.5 Å².